The summed E-state index contributed by atoms with van der Waals surface area (Å²) in [6.45, 7) is 0.343. The highest BCUT2D eigenvalue weighted by Crippen LogP contribution is 2.38. The molecule has 0 radical (unpaired) electrons. The number of imidazole rings is 1. The normalized spacial score (nSPS) is 16.1. The van der Waals surface area contributed by atoms with Gasteiger partial charge in [0.1, 0.15) is 29.1 Å². The van der Waals surface area contributed by atoms with Crippen LogP contribution in [0.3, 0.4) is 0 Å². The number of hydrogen-bond donors (Lipinski definition) is 2. The van der Waals surface area contributed by atoms with Gasteiger partial charge in [-0.05, 0) is 43.5 Å². The predicted octanol–water partition coefficient (Wildman–Crippen LogP) is 6.36. The molecule has 3 aromatic heterocycles. The molecular formula is C26H26F5N7O3S. The third-order valence-electron chi connectivity index (χ3n) is 6.62. The average Bonchev–Trinajstić information content (AvgIpc) is 3.33. The van der Waals surface area contributed by atoms with Crippen LogP contribution in [-0.2, 0) is 20.9 Å². The van der Waals surface area contributed by atoms with Crippen molar-refractivity contribution < 1.29 is 35.1 Å². The first-order valence-corrected chi connectivity index (χ1v) is 14.6. The van der Waals surface area contributed by atoms with Gasteiger partial charge < -0.3 is 15.4 Å². The van der Waals surface area contributed by atoms with E-state index in [1.165, 1.54) is 29.8 Å². The van der Waals surface area contributed by atoms with Crippen LogP contribution in [0, 0.1) is 0 Å². The molecule has 16 heteroatoms. The van der Waals surface area contributed by atoms with Crippen molar-refractivity contribution in [3.63, 3.8) is 0 Å². The number of halogens is 5. The first kappa shape index (κ1) is 29.4. The molecule has 42 heavy (non-hydrogen) atoms. The number of rotatable bonds is 8. The molecule has 0 saturated carbocycles. The van der Waals surface area contributed by atoms with Gasteiger partial charge in [-0.2, -0.15) is 13.2 Å². The zero-order valence-electron chi connectivity index (χ0n) is 22.4. The molecule has 4 heterocycles. The van der Waals surface area contributed by atoms with Gasteiger partial charge in [0.2, 0.25) is 10.0 Å². The van der Waals surface area contributed by atoms with Gasteiger partial charge in [-0.25, -0.2) is 32.2 Å². The number of pyridine rings is 2. The Labute approximate surface area is 237 Å². The molecule has 5 rings (SSSR count). The van der Waals surface area contributed by atoms with Crippen molar-refractivity contribution in [3.8, 4) is 0 Å². The van der Waals surface area contributed by atoms with Crippen LogP contribution in [0.5, 0.6) is 0 Å². The van der Waals surface area contributed by atoms with Crippen molar-refractivity contribution in [2.45, 2.75) is 38.1 Å². The summed E-state index contributed by atoms with van der Waals surface area (Å²) in [6.07, 6.45) is -5.56. The SMILES string of the molecule is CN(c1ccccc1Nc1cc(Nc2cccc(C(F)(F)F)n2)nc2c1nc(C(F)F)n2C1CCCCO1)S(C)(=O)=O. The summed E-state index contributed by atoms with van der Waals surface area (Å²) in [5, 5.41) is 5.79. The number of hydrogen-bond acceptors (Lipinski definition) is 8. The molecule has 0 bridgehead atoms. The summed E-state index contributed by atoms with van der Waals surface area (Å²) < 4.78 is 101. The third-order valence-corrected chi connectivity index (χ3v) is 7.81. The monoisotopic (exact) mass is 611 g/mol. The number of aromatic nitrogens is 4. The molecule has 1 aliphatic heterocycles. The van der Waals surface area contributed by atoms with Crippen LogP contribution >= 0.6 is 0 Å². The summed E-state index contributed by atoms with van der Waals surface area (Å²) in [5.41, 5.74) is -0.429. The lowest BCUT2D eigenvalue weighted by Gasteiger charge is -2.25. The Hall–Kier alpha value is -4.05. The van der Waals surface area contributed by atoms with Crippen LogP contribution < -0.4 is 14.9 Å². The van der Waals surface area contributed by atoms with Crippen LogP contribution in [0.4, 0.5) is 50.6 Å². The molecule has 1 unspecified atom stereocenters. The molecule has 1 aromatic carbocycles. The van der Waals surface area contributed by atoms with Gasteiger partial charge >= 0.3 is 6.18 Å². The van der Waals surface area contributed by atoms with E-state index >= 15 is 0 Å². The fraction of sp³-hybridized carbons (Fsp3) is 0.346. The predicted molar refractivity (Wildman–Crippen MR) is 147 cm³/mol. The van der Waals surface area contributed by atoms with Gasteiger partial charge in [0.25, 0.3) is 6.43 Å². The molecular weight excluding hydrogens is 585 g/mol. The van der Waals surface area contributed by atoms with E-state index in [1.54, 1.807) is 24.3 Å². The van der Waals surface area contributed by atoms with Crippen LogP contribution in [0.15, 0.2) is 48.5 Å². The summed E-state index contributed by atoms with van der Waals surface area (Å²) >= 11 is 0. The molecule has 2 N–H and O–H groups in total. The Morgan fingerprint density at radius 3 is 2.43 bits per heavy atom. The molecule has 0 amide bonds. The van der Waals surface area contributed by atoms with E-state index in [4.69, 9.17) is 4.74 Å². The molecule has 4 aromatic rings. The van der Waals surface area contributed by atoms with Crippen molar-refractivity contribution in [2.24, 2.45) is 0 Å². The number of ether oxygens (including phenoxy) is 1. The highest BCUT2D eigenvalue weighted by Gasteiger charge is 2.33. The number of anilines is 5. The molecule has 1 aliphatic rings. The highest BCUT2D eigenvalue weighted by atomic mass is 32.2. The minimum Gasteiger partial charge on any atom is -0.358 e. The van der Waals surface area contributed by atoms with Crippen LogP contribution in [0.1, 0.15) is 43.4 Å². The Morgan fingerprint density at radius 1 is 1.00 bits per heavy atom. The van der Waals surface area contributed by atoms with E-state index in [1.807, 2.05) is 0 Å². The number of nitrogens with zero attached hydrogens (tertiary/aromatic N) is 5. The quantitative estimate of drug-likeness (QED) is 0.221. The molecule has 1 saturated heterocycles. The Bertz CT molecular complexity index is 1710. The lowest BCUT2D eigenvalue weighted by atomic mass is 10.2. The summed E-state index contributed by atoms with van der Waals surface area (Å²) in [5.74, 6) is -0.805. The van der Waals surface area contributed by atoms with E-state index in [0.29, 0.717) is 18.7 Å². The lowest BCUT2D eigenvalue weighted by Crippen LogP contribution is -2.25. The molecule has 1 fully saturated rings. The Kier molecular flexibility index (Phi) is 7.94. The standard InChI is InChI=1S/C26H26F5N7O3S/c1-37(42(2,39)40)17-9-4-3-8-15(17)32-16-14-20(34-19-11-7-10-18(33-19)26(29,30)31)35-24-22(16)36-25(23(27)28)38(24)21-12-5-6-13-41-21/h3-4,7-11,14,21,23H,5-6,12-13H2,1-2H3,(H2,32,33,34,35). The number of fused-ring (bicyclic) bond motifs is 1. The van der Waals surface area contributed by atoms with E-state index in [-0.39, 0.29) is 34.2 Å². The smallest absolute Gasteiger partial charge is 0.358 e. The van der Waals surface area contributed by atoms with Crippen LogP contribution in [-0.4, -0.2) is 47.8 Å². The van der Waals surface area contributed by atoms with Crippen molar-refractivity contribution in [3.05, 3.63) is 60.0 Å². The third kappa shape index (κ3) is 6.09. The van der Waals surface area contributed by atoms with E-state index in [9.17, 15) is 30.4 Å². The van der Waals surface area contributed by atoms with Crippen molar-refractivity contribution in [2.75, 3.05) is 34.8 Å². The first-order valence-electron chi connectivity index (χ1n) is 12.8. The van der Waals surface area contributed by atoms with E-state index < -0.39 is 40.4 Å². The van der Waals surface area contributed by atoms with Gasteiger partial charge in [-0.3, -0.25) is 8.87 Å². The van der Waals surface area contributed by atoms with Gasteiger partial charge in [0, 0.05) is 19.7 Å². The second-order valence-corrected chi connectivity index (χ2v) is 11.6. The molecule has 10 nitrogen and oxygen atoms in total. The minimum atomic E-state index is -4.69. The first-order chi connectivity index (χ1) is 19.8. The summed E-state index contributed by atoms with van der Waals surface area (Å²) in [7, 11) is -2.32. The second-order valence-electron chi connectivity index (χ2n) is 9.59. The zero-order chi connectivity index (χ0) is 30.2. The molecule has 0 aliphatic carbocycles. The molecule has 224 valence electrons. The summed E-state index contributed by atoms with van der Waals surface area (Å²) in [6, 6.07) is 11.1. The fourth-order valence-electron chi connectivity index (χ4n) is 4.58. The van der Waals surface area contributed by atoms with Gasteiger partial charge in [0.05, 0.1) is 23.3 Å². The maximum atomic E-state index is 14.3. The van der Waals surface area contributed by atoms with Crippen LogP contribution in [0.2, 0.25) is 0 Å². The largest absolute Gasteiger partial charge is 0.433 e. The van der Waals surface area contributed by atoms with Crippen molar-refractivity contribution in [1.82, 2.24) is 19.5 Å². The zero-order valence-corrected chi connectivity index (χ0v) is 23.2. The van der Waals surface area contributed by atoms with Gasteiger partial charge in [-0.15, -0.1) is 0 Å². The maximum Gasteiger partial charge on any atom is 0.433 e. The Morgan fingerprint density at radius 2 is 1.76 bits per heavy atom. The molecule has 1 atom stereocenters. The van der Waals surface area contributed by atoms with Gasteiger partial charge in [-0.1, -0.05) is 18.2 Å². The number of alkyl halides is 5. The lowest BCUT2D eigenvalue weighted by molar-refractivity contribution is -0.141. The van der Waals surface area contributed by atoms with Crippen molar-refractivity contribution in [1.29, 1.82) is 0 Å². The Balaban J connectivity index is 1.68. The minimum absolute atomic E-state index is 0.00868. The number of sulfonamides is 1. The topological polar surface area (TPSA) is 114 Å². The van der Waals surface area contributed by atoms with E-state index in [0.717, 1.165) is 29.5 Å². The van der Waals surface area contributed by atoms with Crippen LogP contribution in [0.25, 0.3) is 11.2 Å². The highest BCUT2D eigenvalue weighted by molar-refractivity contribution is 7.92. The number of para-hydroxylation sites is 2. The molecule has 0 spiro atoms. The van der Waals surface area contributed by atoms with Crippen molar-refractivity contribution >= 4 is 49.9 Å². The van der Waals surface area contributed by atoms with Gasteiger partial charge in [0.15, 0.2) is 11.5 Å². The fourth-order valence-corrected chi connectivity index (χ4v) is 5.09. The number of benzene rings is 1. The van der Waals surface area contributed by atoms with E-state index in [2.05, 4.69) is 25.6 Å². The number of nitrogens with one attached hydrogen (secondary N) is 2. The second kappa shape index (κ2) is 11.3. The maximum absolute atomic E-state index is 14.3. The summed E-state index contributed by atoms with van der Waals surface area (Å²) in [4.78, 5) is 12.2. The average molecular weight is 612 g/mol.